The number of aryl methyl sites for hydroxylation is 1. The Morgan fingerprint density at radius 3 is 2.44 bits per heavy atom. The fourth-order valence-corrected chi connectivity index (χ4v) is 3.12. The van der Waals surface area contributed by atoms with Gasteiger partial charge in [0.1, 0.15) is 5.82 Å². The predicted molar refractivity (Wildman–Crippen MR) is 104 cm³/mol. The van der Waals surface area contributed by atoms with E-state index in [4.69, 9.17) is 17.3 Å². The van der Waals surface area contributed by atoms with E-state index in [-0.39, 0.29) is 0 Å². The topological polar surface area (TPSA) is 26.0 Å². The minimum atomic E-state index is 0.676. The van der Waals surface area contributed by atoms with Crippen LogP contribution in [0.3, 0.4) is 0 Å². The van der Waals surface area contributed by atoms with Crippen LogP contribution in [0, 0.1) is 11.7 Å². The van der Waals surface area contributed by atoms with Gasteiger partial charge >= 0.3 is 0 Å². The van der Waals surface area contributed by atoms with Crippen LogP contribution in [0.15, 0.2) is 54.6 Å². The summed E-state index contributed by atoms with van der Waals surface area (Å²) in [7, 11) is 4.09. The van der Waals surface area contributed by atoms with Crippen molar-refractivity contribution in [1.29, 1.82) is 0 Å². The molecule has 0 bridgehead atoms. The van der Waals surface area contributed by atoms with Gasteiger partial charge in [-0.2, -0.15) is 5.10 Å². The summed E-state index contributed by atoms with van der Waals surface area (Å²) in [5.41, 5.74) is 3.88. The van der Waals surface area contributed by atoms with Crippen molar-refractivity contribution in [2.24, 2.45) is 7.05 Å². The van der Waals surface area contributed by atoms with Crippen LogP contribution >= 0.6 is 12.2 Å². The second-order valence-corrected chi connectivity index (χ2v) is 6.87. The number of hydrogen-bond acceptors (Lipinski definition) is 3. The van der Waals surface area contributed by atoms with Crippen LogP contribution in [0.2, 0.25) is 0 Å². The molecule has 0 aliphatic heterocycles. The van der Waals surface area contributed by atoms with Gasteiger partial charge in [0, 0.05) is 20.0 Å². The van der Waals surface area contributed by atoms with Gasteiger partial charge in [-0.1, -0.05) is 54.6 Å². The molecule has 0 radical (unpaired) electrons. The Morgan fingerprint density at radius 2 is 1.72 bits per heavy atom. The largest absolute Gasteiger partial charge is 0.307 e. The fourth-order valence-electron chi connectivity index (χ4n) is 2.91. The fraction of sp³-hybridized carbons (Fsp3) is 0.300. The van der Waals surface area contributed by atoms with E-state index in [0.717, 1.165) is 23.6 Å². The van der Waals surface area contributed by atoms with Crippen LogP contribution in [0.1, 0.15) is 22.5 Å². The standard InChI is InChI=1S/C20H24N4S/c1-16-9-7-8-12-18(16)14-22(2)15-24-20(25)23(3)19(21-24)13-17-10-5-4-6-11-17/h4-12H,13-15H2,1-3H3. The Bertz CT molecular complexity index is 896. The number of benzene rings is 2. The molecule has 1 aromatic heterocycles. The van der Waals surface area contributed by atoms with Crippen molar-refractivity contribution in [1.82, 2.24) is 19.2 Å². The third-order valence-electron chi connectivity index (χ3n) is 4.41. The quantitative estimate of drug-likeness (QED) is 0.629. The molecule has 4 nitrogen and oxygen atoms in total. The maximum atomic E-state index is 5.58. The van der Waals surface area contributed by atoms with Crippen molar-refractivity contribution in [3.05, 3.63) is 81.9 Å². The first-order chi connectivity index (χ1) is 12.0. The Kier molecular flexibility index (Phi) is 5.46. The van der Waals surface area contributed by atoms with Gasteiger partial charge in [0.2, 0.25) is 0 Å². The van der Waals surface area contributed by atoms with E-state index in [9.17, 15) is 0 Å². The lowest BCUT2D eigenvalue weighted by Crippen LogP contribution is -2.23. The van der Waals surface area contributed by atoms with Crippen LogP contribution in [-0.4, -0.2) is 26.3 Å². The lowest BCUT2D eigenvalue weighted by atomic mass is 10.1. The monoisotopic (exact) mass is 352 g/mol. The summed E-state index contributed by atoms with van der Waals surface area (Å²) < 4.78 is 4.66. The third-order valence-corrected chi connectivity index (χ3v) is 4.90. The van der Waals surface area contributed by atoms with E-state index in [1.54, 1.807) is 0 Å². The molecule has 3 aromatic rings. The van der Waals surface area contributed by atoms with Crippen LogP contribution in [0.5, 0.6) is 0 Å². The molecule has 2 aromatic carbocycles. The molecule has 0 fully saturated rings. The first-order valence-corrected chi connectivity index (χ1v) is 8.85. The van der Waals surface area contributed by atoms with E-state index in [1.807, 2.05) is 22.4 Å². The molecule has 130 valence electrons. The molecular formula is C20H24N4S. The molecule has 0 amide bonds. The normalized spacial score (nSPS) is 11.2. The summed E-state index contributed by atoms with van der Waals surface area (Å²) in [5, 5.41) is 4.74. The molecule has 0 aliphatic carbocycles. The van der Waals surface area contributed by atoms with E-state index in [1.165, 1.54) is 16.7 Å². The summed E-state index contributed by atoms with van der Waals surface area (Å²) >= 11 is 5.58. The van der Waals surface area contributed by atoms with E-state index < -0.39 is 0 Å². The molecule has 0 N–H and O–H groups in total. The Hall–Kier alpha value is -2.24. The van der Waals surface area contributed by atoms with Gasteiger partial charge in [-0.05, 0) is 42.9 Å². The Labute approximate surface area is 154 Å². The molecule has 0 aliphatic rings. The van der Waals surface area contributed by atoms with Crippen LogP contribution < -0.4 is 0 Å². The SMILES string of the molecule is Cc1ccccc1CN(C)Cn1nc(Cc2ccccc2)n(C)c1=S. The molecule has 3 rings (SSSR count). The first-order valence-electron chi connectivity index (χ1n) is 8.44. The smallest absolute Gasteiger partial charge is 0.198 e. The van der Waals surface area contributed by atoms with Gasteiger partial charge in [0.15, 0.2) is 4.77 Å². The van der Waals surface area contributed by atoms with Gasteiger partial charge in [0.25, 0.3) is 0 Å². The molecule has 5 heteroatoms. The number of nitrogens with zero attached hydrogens (tertiary/aromatic N) is 4. The highest BCUT2D eigenvalue weighted by atomic mass is 32.1. The van der Waals surface area contributed by atoms with Gasteiger partial charge < -0.3 is 4.57 Å². The van der Waals surface area contributed by atoms with Gasteiger partial charge in [0.05, 0.1) is 6.67 Å². The number of hydrogen-bond donors (Lipinski definition) is 0. The summed E-state index contributed by atoms with van der Waals surface area (Å²) in [4.78, 5) is 2.23. The minimum Gasteiger partial charge on any atom is -0.307 e. The van der Waals surface area contributed by atoms with Crippen molar-refractivity contribution < 1.29 is 0 Å². The molecule has 25 heavy (non-hydrogen) atoms. The Balaban J connectivity index is 1.73. The predicted octanol–water partition coefficient (Wildman–Crippen LogP) is 3.94. The van der Waals surface area contributed by atoms with Crippen LogP contribution in [-0.2, 0) is 26.7 Å². The highest BCUT2D eigenvalue weighted by Gasteiger charge is 2.11. The summed E-state index contributed by atoms with van der Waals surface area (Å²) in [5.74, 6) is 0.987. The highest BCUT2D eigenvalue weighted by molar-refractivity contribution is 7.71. The van der Waals surface area contributed by atoms with Crippen molar-refractivity contribution >= 4 is 12.2 Å². The lowest BCUT2D eigenvalue weighted by molar-refractivity contribution is 0.243. The molecule has 0 spiro atoms. The van der Waals surface area contributed by atoms with Crippen molar-refractivity contribution in [3.8, 4) is 0 Å². The van der Waals surface area contributed by atoms with Crippen LogP contribution in [0.25, 0.3) is 0 Å². The van der Waals surface area contributed by atoms with Gasteiger partial charge in [-0.25, -0.2) is 4.68 Å². The molecule has 0 saturated heterocycles. The molecule has 0 saturated carbocycles. The zero-order chi connectivity index (χ0) is 17.8. The number of aromatic nitrogens is 3. The van der Waals surface area contributed by atoms with E-state index in [2.05, 4.69) is 67.4 Å². The zero-order valence-corrected chi connectivity index (χ0v) is 15.8. The number of rotatable bonds is 6. The summed E-state index contributed by atoms with van der Waals surface area (Å²) in [6, 6.07) is 18.8. The van der Waals surface area contributed by atoms with E-state index in [0.29, 0.717) is 6.67 Å². The summed E-state index contributed by atoms with van der Waals surface area (Å²) in [6.45, 7) is 3.70. The molecular weight excluding hydrogens is 328 g/mol. The molecule has 1 heterocycles. The maximum absolute atomic E-state index is 5.58. The third kappa shape index (κ3) is 4.24. The maximum Gasteiger partial charge on any atom is 0.198 e. The summed E-state index contributed by atoms with van der Waals surface area (Å²) in [6.07, 6.45) is 0.787. The average Bonchev–Trinajstić information content (AvgIpc) is 2.86. The van der Waals surface area contributed by atoms with Crippen LogP contribution in [0.4, 0.5) is 0 Å². The van der Waals surface area contributed by atoms with Crippen molar-refractivity contribution in [2.45, 2.75) is 26.6 Å². The zero-order valence-electron chi connectivity index (χ0n) is 15.0. The van der Waals surface area contributed by atoms with E-state index >= 15 is 0 Å². The average molecular weight is 353 g/mol. The Morgan fingerprint density at radius 1 is 1.04 bits per heavy atom. The molecule has 0 atom stereocenters. The second-order valence-electron chi connectivity index (χ2n) is 6.50. The molecule has 0 unspecified atom stereocenters. The van der Waals surface area contributed by atoms with Gasteiger partial charge in [-0.15, -0.1) is 0 Å². The van der Waals surface area contributed by atoms with Gasteiger partial charge in [-0.3, -0.25) is 4.90 Å². The van der Waals surface area contributed by atoms with Crippen molar-refractivity contribution in [3.63, 3.8) is 0 Å². The van der Waals surface area contributed by atoms with Crippen molar-refractivity contribution in [2.75, 3.05) is 7.05 Å². The first kappa shape index (κ1) is 17.6. The highest BCUT2D eigenvalue weighted by Crippen LogP contribution is 2.12. The second kappa shape index (κ2) is 7.76. The lowest BCUT2D eigenvalue weighted by Gasteiger charge is -2.17. The minimum absolute atomic E-state index is 0.676.